The fourth-order valence-electron chi connectivity index (χ4n) is 3.76. The van der Waals surface area contributed by atoms with Crippen LogP contribution >= 0.6 is 34.4 Å². The fourth-order valence-corrected chi connectivity index (χ4v) is 5.57. The summed E-state index contributed by atoms with van der Waals surface area (Å²) in [5, 5.41) is 12.1. The molecule has 4 amide bonds. The third-order valence-corrected chi connectivity index (χ3v) is 7.72. The zero-order valence-electron chi connectivity index (χ0n) is 19.8. The Hall–Kier alpha value is -0.830. The van der Waals surface area contributed by atoms with E-state index in [9.17, 15) is 14.4 Å². The highest BCUT2D eigenvalue weighted by Crippen LogP contribution is 2.33. The third-order valence-electron chi connectivity index (χ3n) is 5.52. The number of thioether (sulfide) groups is 1. The van der Waals surface area contributed by atoms with Crippen molar-refractivity contribution in [2.24, 2.45) is 0 Å². The van der Waals surface area contributed by atoms with E-state index in [-0.39, 0.29) is 29.9 Å². The average molecular weight is 621 g/mol. The molecule has 0 radical (unpaired) electrons. The molecule has 0 saturated carbocycles. The molecule has 2 saturated heterocycles. The molecule has 1 unspecified atom stereocenters. The van der Waals surface area contributed by atoms with Crippen LogP contribution in [0.5, 0.6) is 0 Å². The van der Waals surface area contributed by atoms with Crippen molar-refractivity contribution in [3.05, 3.63) is 0 Å². The van der Waals surface area contributed by atoms with Crippen LogP contribution in [-0.4, -0.2) is 98.1 Å². The molecule has 34 heavy (non-hydrogen) atoms. The molecular weight excluding hydrogens is 581 g/mol. The zero-order chi connectivity index (χ0) is 24.4. The summed E-state index contributed by atoms with van der Waals surface area (Å²) in [4.78, 5) is 34.4. The number of halogens is 1. The first kappa shape index (κ1) is 29.4. The Kier molecular flexibility index (Phi) is 15.9. The van der Waals surface area contributed by atoms with Gasteiger partial charge in [-0.25, -0.2) is 4.79 Å². The molecule has 2 rings (SSSR count). The summed E-state index contributed by atoms with van der Waals surface area (Å²) in [6, 6.07) is 0.446. The van der Waals surface area contributed by atoms with Crippen molar-refractivity contribution in [1.29, 1.82) is 0 Å². The van der Waals surface area contributed by atoms with Crippen molar-refractivity contribution in [2.45, 2.75) is 55.9 Å². The average Bonchev–Trinajstić information content (AvgIpc) is 3.38. The van der Waals surface area contributed by atoms with E-state index >= 15 is 0 Å². The van der Waals surface area contributed by atoms with Gasteiger partial charge in [-0.1, -0.05) is 29.0 Å². The third kappa shape index (κ3) is 12.8. The van der Waals surface area contributed by atoms with Gasteiger partial charge in [0.2, 0.25) is 11.8 Å². The van der Waals surface area contributed by atoms with Gasteiger partial charge < -0.3 is 35.5 Å². The molecule has 0 bridgehead atoms. The molecule has 0 aromatic heterocycles. The highest BCUT2D eigenvalue weighted by Gasteiger charge is 2.42. The largest absolute Gasteiger partial charge is 0.379 e. The number of carbonyl (C=O) groups is 3. The highest BCUT2D eigenvalue weighted by molar-refractivity contribution is 14.1. The highest BCUT2D eigenvalue weighted by atomic mass is 127. The normalized spacial score (nSPS) is 21.1. The number of ether oxygens (including phenoxy) is 3. The SMILES string of the molecule is O=C(CI)N[13CH2][13CH2][13CH2]OCCOCCO[13CH2][13CH2][13CH2]NC(=O)CCCCC1SC[C@@H]2NC(=O)N[C@H]12. The van der Waals surface area contributed by atoms with Crippen molar-refractivity contribution >= 4 is 52.2 Å². The molecule has 2 aliphatic rings. The van der Waals surface area contributed by atoms with Gasteiger partial charge in [-0.2, -0.15) is 11.8 Å². The molecule has 0 aliphatic carbocycles. The van der Waals surface area contributed by atoms with Crippen molar-refractivity contribution in [3.8, 4) is 0 Å². The van der Waals surface area contributed by atoms with E-state index in [4.69, 9.17) is 14.2 Å². The molecule has 2 aliphatic heterocycles. The minimum atomic E-state index is -0.0521. The molecular formula is C22H39IN4O6S. The Morgan fingerprint density at radius 1 is 0.882 bits per heavy atom. The van der Waals surface area contributed by atoms with E-state index in [2.05, 4.69) is 21.3 Å². The summed E-state index contributed by atoms with van der Waals surface area (Å²) < 4.78 is 16.9. The first-order valence-electron chi connectivity index (χ1n) is 12.1. The minimum Gasteiger partial charge on any atom is -0.379 e. The van der Waals surface area contributed by atoms with Crippen LogP contribution in [0, 0.1) is 0 Å². The summed E-state index contributed by atoms with van der Waals surface area (Å²) in [5.74, 6) is 1.11. The monoisotopic (exact) mass is 620 g/mol. The second-order valence-electron chi connectivity index (χ2n) is 8.25. The summed E-state index contributed by atoms with van der Waals surface area (Å²) in [5.41, 5.74) is 0. The summed E-state index contributed by atoms with van der Waals surface area (Å²) in [7, 11) is 0. The van der Waals surface area contributed by atoms with Gasteiger partial charge in [-0.15, -0.1) is 0 Å². The topological polar surface area (TPSA) is 127 Å². The quantitative estimate of drug-likeness (QED) is 0.0530. The second-order valence-corrected chi connectivity index (χ2v) is 10.3. The number of carbonyl (C=O) groups excluding carboxylic acids is 3. The molecule has 0 aromatic carbocycles. The van der Waals surface area contributed by atoms with E-state index in [0.29, 0.717) is 68.8 Å². The Bertz CT molecular complexity index is 618. The smallest absolute Gasteiger partial charge is 0.315 e. The summed E-state index contributed by atoms with van der Waals surface area (Å²) in [6.45, 7) is 4.53. The van der Waals surface area contributed by atoms with Crippen molar-refractivity contribution in [3.63, 3.8) is 0 Å². The number of hydrogen-bond donors (Lipinski definition) is 4. The Morgan fingerprint density at radius 3 is 2.15 bits per heavy atom. The van der Waals surface area contributed by atoms with E-state index in [1.165, 1.54) is 0 Å². The molecule has 196 valence electrons. The number of hydrogen-bond acceptors (Lipinski definition) is 7. The van der Waals surface area contributed by atoms with E-state index < -0.39 is 0 Å². The van der Waals surface area contributed by atoms with Gasteiger partial charge in [0.05, 0.1) is 42.9 Å². The predicted molar refractivity (Wildman–Crippen MR) is 141 cm³/mol. The van der Waals surface area contributed by atoms with Gasteiger partial charge in [0, 0.05) is 43.7 Å². The number of fused-ring (bicyclic) bond motifs is 1. The van der Waals surface area contributed by atoms with Gasteiger partial charge in [-0.3, -0.25) is 9.59 Å². The maximum atomic E-state index is 12.0. The minimum absolute atomic E-state index is 0.0505. The Morgan fingerprint density at radius 2 is 1.50 bits per heavy atom. The van der Waals surface area contributed by atoms with Crippen LogP contribution in [-0.2, 0) is 23.8 Å². The summed E-state index contributed by atoms with van der Waals surface area (Å²) in [6.07, 6.45) is 5.00. The van der Waals surface area contributed by atoms with E-state index in [1.807, 2.05) is 34.4 Å². The van der Waals surface area contributed by atoms with Crippen LogP contribution in [0.25, 0.3) is 0 Å². The zero-order valence-corrected chi connectivity index (χ0v) is 22.8. The van der Waals surface area contributed by atoms with Crippen molar-refractivity contribution in [1.82, 2.24) is 21.3 Å². The van der Waals surface area contributed by atoms with Gasteiger partial charge >= 0.3 is 6.03 Å². The maximum absolute atomic E-state index is 12.0. The lowest BCUT2D eigenvalue weighted by Crippen LogP contribution is -2.36. The van der Waals surface area contributed by atoms with Crippen LogP contribution in [0.4, 0.5) is 4.79 Å². The van der Waals surface area contributed by atoms with Crippen LogP contribution in [0.2, 0.25) is 0 Å². The molecule has 0 spiro atoms. The molecule has 0 aromatic rings. The summed E-state index contributed by atoms with van der Waals surface area (Å²) >= 11 is 3.94. The fraction of sp³-hybridized carbons (Fsp3) is 0.864. The van der Waals surface area contributed by atoms with E-state index in [0.717, 1.165) is 37.9 Å². The lowest BCUT2D eigenvalue weighted by atomic mass is 10.0. The van der Waals surface area contributed by atoms with Crippen LogP contribution in [0.15, 0.2) is 0 Å². The predicted octanol–water partition coefficient (Wildman–Crippen LogP) is 1.21. The lowest BCUT2D eigenvalue weighted by Gasteiger charge is -2.16. The second kappa shape index (κ2) is 18.4. The molecule has 4 N–H and O–H groups in total. The molecule has 12 heteroatoms. The molecule has 10 nitrogen and oxygen atoms in total. The van der Waals surface area contributed by atoms with Gasteiger partial charge in [0.1, 0.15) is 0 Å². The number of unbranched alkanes of at least 4 members (excludes halogenated alkanes) is 1. The number of rotatable bonds is 20. The van der Waals surface area contributed by atoms with Crippen molar-refractivity contribution < 1.29 is 28.6 Å². The molecule has 2 fully saturated rings. The number of urea groups is 1. The maximum Gasteiger partial charge on any atom is 0.315 e. The number of nitrogens with one attached hydrogen (secondary N) is 4. The molecule has 2 heterocycles. The Balaban J connectivity index is 1.27. The first-order chi connectivity index (χ1) is 16.6. The van der Waals surface area contributed by atoms with Crippen LogP contribution in [0.3, 0.4) is 0 Å². The van der Waals surface area contributed by atoms with Crippen LogP contribution in [0.1, 0.15) is 38.5 Å². The number of amides is 4. The Labute approximate surface area is 220 Å². The molecule has 3 atom stereocenters. The van der Waals surface area contributed by atoms with Gasteiger partial charge in [0.15, 0.2) is 0 Å². The first-order valence-corrected chi connectivity index (χ1v) is 14.7. The number of alkyl halides is 1. The van der Waals surface area contributed by atoms with Crippen molar-refractivity contribution in [2.75, 3.05) is 62.9 Å². The van der Waals surface area contributed by atoms with Gasteiger partial charge in [-0.05, 0) is 25.7 Å². The van der Waals surface area contributed by atoms with Gasteiger partial charge in [0.25, 0.3) is 0 Å². The standard InChI is InChI=1S/C22H39IN4O6S/c23-15-20(29)25-8-4-10-32-12-14-33-13-11-31-9-3-7-24-19(28)6-2-1-5-18-21-17(16-34-18)26-22(30)27-21/h17-18,21H,1-16H2,(H,24,28)(H,25,29)(H2,26,27,30)/t17-,18?,21-/m0/s1/i3+1,4+1,7+1,8+1,9+1,10+1. The van der Waals surface area contributed by atoms with E-state index in [1.54, 1.807) is 0 Å². The lowest BCUT2D eigenvalue weighted by molar-refractivity contribution is -0.121. The van der Waals surface area contributed by atoms with Crippen LogP contribution < -0.4 is 21.3 Å².